The molecule has 0 N–H and O–H groups in total. The summed E-state index contributed by atoms with van der Waals surface area (Å²) in [6, 6.07) is 4.88. The van der Waals surface area contributed by atoms with Crippen molar-refractivity contribution in [2.24, 2.45) is 0 Å². The molecule has 8 heteroatoms. The molecule has 1 aromatic carbocycles. The molecule has 2 aliphatic rings. The van der Waals surface area contributed by atoms with Gasteiger partial charge >= 0.3 is 0 Å². The zero-order chi connectivity index (χ0) is 20.0. The second-order valence-corrected chi connectivity index (χ2v) is 7.50. The minimum atomic E-state index is -0.817. The third-order valence-corrected chi connectivity index (χ3v) is 5.66. The summed E-state index contributed by atoms with van der Waals surface area (Å²) < 4.78 is 33.8. The van der Waals surface area contributed by atoms with Gasteiger partial charge in [-0.2, -0.15) is 0 Å². The average molecular weight is 395 g/mol. The fraction of sp³-hybridized carbons (Fsp3) is 0.333. The largest absolute Gasteiger partial charge is 0.377 e. The van der Waals surface area contributed by atoms with Crippen LogP contribution in [-0.4, -0.2) is 46.2 Å². The summed E-state index contributed by atoms with van der Waals surface area (Å²) in [7, 11) is 1.78. The molecule has 2 atom stereocenters. The topological polar surface area (TPSA) is 64.0 Å². The van der Waals surface area contributed by atoms with Crippen molar-refractivity contribution in [3.63, 3.8) is 0 Å². The van der Waals surface area contributed by atoms with Crippen LogP contribution in [0.3, 0.4) is 0 Å². The molecule has 0 spiro atoms. The predicted molar refractivity (Wildman–Crippen MR) is 103 cm³/mol. The van der Waals surface area contributed by atoms with Crippen LogP contribution in [0.5, 0.6) is 0 Å². The molecule has 0 amide bonds. The quantitative estimate of drug-likeness (QED) is 0.660. The highest BCUT2D eigenvalue weighted by Gasteiger charge is 2.41. The van der Waals surface area contributed by atoms with Gasteiger partial charge in [-0.3, -0.25) is 0 Å². The first-order chi connectivity index (χ1) is 14.1. The molecular weight excluding hydrogens is 376 g/mol. The van der Waals surface area contributed by atoms with Crippen molar-refractivity contribution in [2.45, 2.75) is 24.3 Å². The smallest absolute Gasteiger partial charge is 0.197 e. The SMILES string of the molecule is CN(c1cc(C2CC2c2cnc(-c3ncccn3)nc2)cc(F)c1F)C1COC1. The van der Waals surface area contributed by atoms with E-state index in [2.05, 4.69) is 19.9 Å². The first-order valence-corrected chi connectivity index (χ1v) is 9.50. The van der Waals surface area contributed by atoms with Gasteiger partial charge in [0.15, 0.2) is 23.3 Å². The van der Waals surface area contributed by atoms with Crippen LogP contribution in [0.2, 0.25) is 0 Å². The lowest BCUT2D eigenvalue weighted by atomic mass is 10.0. The van der Waals surface area contributed by atoms with E-state index in [1.807, 2.05) is 0 Å². The Bertz CT molecular complexity index is 1030. The lowest BCUT2D eigenvalue weighted by molar-refractivity contribution is 0.00990. The number of likely N-dealkylation sites (N-methyl/N-ethyl adjacent to an activating group) is 1. The standard InChI is InChI=1S/C21H19F2N5O/c1-28(14-10-29-11-14)18-6-12(5-17(22)19(18)23)15-7-16(15)13-8-26-21(27-9-13)20-24-3-2-4-25-20/h2-6,8-9,14-16H,7,10-11H2,1H3. The van der Waals surface area contributed by atoms with Gasteiger partial charge in [0.25, 0.3) is 0 Å². The Hall–Kier alpha value is -3.00. The molecule has 3 aromatic rings. The number of aromatic nitrogens is 4. The van der Waals surface area contributed by atoms with Crippen LogP contribution < -0.4 is 4.90 Å². The van der Waals surface area contributed by atoms with Gasteiger partial charge in [0, 0.05) is 31.8 Å². The summed E-state index contributed by atoms with van der Waals surface area (Å²) in [6.07, 6.45) is 7.67. The molecule has 1 aliphatic carbocycles. The summed E-state index contributed by atoms with van der Waals surface area (Å²) in [6.45, 7) is 1.06. The van der Waals surface area contributed by atoms with Crippen LogP contribution in [0, 0.1) is 11.6 Å². The van der Waals surface area contributed by atoms with E-state index in [0.29, 0.717) is 24.9 Å². The number of nitrogens with zero attached hydrogens (tertiary/aromatic N) is 5. The third kappa shape index (κ3) is 3.33. The van der Waals surface area contributed by atoms with Crippen molar-refractivity contribution < 1.29 is 13.5 Å². The Balaban J connectivity index is 1.36. The molecule has 2 aromatic heterocycles. The van der Waals surface area contributed by atoms with Crippen molar-refractivity contribution in [2.75, 3.05) is 25.2 Å². The molecule has 1 aliphatic heterocycles. The van der Waals surface area contributed by atoms with E-state index >= 15 is 0 Å². The number of benzene rings is 1. The van der Waals surface area contributed by atoms with Gasteiger partial charge in [0.1, 0.15) is 0 Å². The fourth-order valence-corrected chi connectivity index (χ4v) is 3.70. The van der Waals surface area contributed by atoms with Gasteiger partial charge in [0.05, 0.1) is 24.9 Å². The number of anilines is 1. The van der Waals surface area contributed by atoms with E-state index in [9.17, 15) is 8.78 Å². The Kier molecular flexibility index (Phi) is 4.43. The van der Waals surface area contributed by atoms with Crippen LogP contribution >= 0.6 is 0 Å². The van der Waals surface area contributed by atoms with Crippen molar-refractivity contribution in [3.05, 3.63) is 65.7 Å². The Morgan fingerprint density at radius 2 is 1.59 bits per heavy atom. The Morgan fingerprint density at radius 1 is 0.931 bits per heavy atom. The molecule has 29 heavy (non-hydrogen) atoms. The molecule has 0 bridgehead atoms. The van der Waals surface area contributed by atoms with E-state index in [1.165, 1.54) is 6.07 Å². The highest BCUT2D eigenvalue weighted by Crippen LogP contribution is 2.55. The second-order valence-electron chi connectivity index (χ2n) is 7.50. The molecule has 3 heterocycles. The molecule has 0 radical (unpaired) electrons. The molecule has 1 saturated carbocycles. The summed E-state index contributed by atoms with van der Waals surface area (Å²) in [5, 5.41) is 0. The molecule has 6 nitrogen and oxygen atoms in total. The summed E-state index contributed by atoms with van der Waals surface area (Å²) in [5.74, 6) is -0.377. The molecule has 148 valence electrons. The zero-order valence-corrected chi connectivity index (χ0v) is 15.8. The minimum Gasteiger partial charge on any atom is -0.377 e. The molecular formula is C21H19F2N5O. The Labute approximate surface area is 166 Å². The number of hydrogen-bond donors (Lipinski definition) is 0. The highest BCUT2D eigenvalue weighted by atomic mass is 19.2. The average Bonchev–Trinajstić information content (AvgIpc) is 3.50. The number of halogens is 2. The summed E-state index contributed by atoms with van der Waals surface area (Å²) >= 11 is 0. The third-order valence-electron chi connectivity index (χ3n) is 5.66. The Morgan fingerprint density at radius 3 is 2.24 bits per heavy atom. The number of hydrogen-bond acceptors (Lipinski definition) is 6. The first-order valence-electron chi connectivity index (χ1n) is 9.50. The minimum absolute atomic E-state index is 0.0790. The van der Waals surface area contributed by atoms with Gasteiger partial charge in [-0.25, -0.2) is 28.7 Å². The van der Waals surface area contributed by atoms with Crippen molar-refractivity contribution >= 4 is 5.69 Å². The van der Waals surface area contributed by atoms with E-state index in [0.717, 1.165) is 17.5 Å². The molecule has 5 rings (SSSR count). The summed E-state index contributed by atoms with van der Waals surface area (Å²) in [5.41, 5.74) is 2.06. The second kappa shape index (κ2) is 7.11. The molecule has 1 saturated heterocycles. The predicted octanol–water partition coefficient (Wildman–Crippen LogP) is 3.32. The first kappa shape index (κ1) is 18.1. The maximum atomic E-state index is 14.4. The van der Waals surface area contributed by atoms with Crippen LogP contribution in [0.15, 0.2) is 43.0 Å². The van der Waals surface area contributed by atoms with E-state index < -0.39 is 11.6 Å². The van der Waals surface area contributed by atoms with Gasteiger partial charge < -0.3 is 9.64 Å². The van der Waals surface area contributed by atoms with E-state index in [-0.39, 0.29) is 23.6 Å². The normalized spacial score (nSPS) is 20.9. The van der Waals surface area contributed by atoms with Crippen LogP contribution in [0.4, 0.5) is 14.5 Å². The van der Waals surface area contributed by atoms with Gasteiger partial charge in [-0.05, 0) is 47.6 Å². The van der Waals surface area contributed by atoms with Crippen molar-refractivity contribution in [3.8, 4) is 11.6 Å². The highest BCUT2D eigenvalue weighted by molar-refractivity contribution is 5.53. The van der Waals surface area contributed by atoms with Crippen LogP contribution in [-0.2, 0) is 4.74 Å². The molecule has 2 unspecified atom stereocenters. The lowest BCUT2D eigenvalue weighted by Crippen LogP contribution is -2.47. The van der Waals surface area contributed by atoms with Gasteiger partial charge in [-0.1, -0.05) is 0 Å². The number of ether oxygens (including phenoxy) is 1. The van der Waals surface area contributed by atoms with Crippen LogP contribution in [0.1, 0.15) is 29.4 Å². The lowest BCUT2D eigenvalue weighted by Gasteiger charge is -2.36. The molecule has 2 fully saturated rings. The fourth-order valence-electron chi connectivity index (χ4n) is 3.70. The maximum Gasteiger partial charge on any atom is 0.197 e. The van der Waals surface area contributed by atoms with E-state index in [1.54, 1.807) is 48.9 Å². The maximum absolute atomic E-state index is 14.4. The van der Waals surface area contributed by atoms with E-state index in [4.69, 9.17) is 4.74 Å². The van der Waals surface area contributed by atoms with Gasteiger partial charge in [-0.15, -0.1) is 0 Å². The summed E-state index contributed by atoms with van der Waals surface area (Å²) in [4.78, 5) is 18.8. The van der Waals surface area contributed by atoms with Crippen molar-refractivity contribution in [1.82, 2.24) is 19.9 Å². The number of rotatable bonds is 5. The van der Waals surface area contributed by atoms with Crippen LogP contribution in [0.25, 0.3) is 11.6 Å². The van der Waals surface area contributed by atoms with Crippen molar-refractivity contribution in [1.29, 1.82) is 0 Å². The van der Waals surface area contributed by atoms with Gasteiger partial charge in [0.2, 0.25) is 0 Å². The zero-order valence-electron chi connectivity index (χ0n) is 15.8. The monoisotopic (exact) mass is 395 g/mol.